The van der Waals surface area contributed by atoms with Gasteiger partial charge in [0.2, 0.25) is 6.79 Å². The molecule has 1 aromatic heterocycles. The molecule has 1 aromatic carbocycles. The number of hydrogen-bond donors (Lipinski definition) is 1. The van der Waals surface area contributed by atoms with E-state index in [-0.39, 0.29) is 30.8 Å². The molecule has 1 N–H and O–H groups in total. The predicted molar refractivity (Wildman–Crippen MR) is 119 cm³/mol. The van der Waals surface area contributed by atoms with E-state index < -0.39 is 0 Å². The van der Waals surface area contributed by atoms with Crippen molar-refractivity contribution in [1.29, 1.82) is 0 Å². The number of rotatable bonds is 6. The number of nitrogens with zero attached hydrogens (tertiary/aromatic N) is 3. The fourth-order valence-electron chi connectivity index (χ4n) is 2.72. The van der Waals surface area contributed by atoms with Crippen LogP contribution in [0.4, 0.5) is 0 Å². The van der Waals surface area contributed by atoms with Crippen LogP contribution in [0.5, 0.6) is 17.2 Å². The van der Waals surface area contributed by atoms with E-state index in [4.69, 9.17) is 14.2 Å². The minimum atomic E-state index is 0. The summed E-state index contributed by atoms with van der Waals surface area (Å²) in [6.45, 7) is 2.18. The maximum absolute atomic E-state index is 5.76. The normalized spacial score (nSPS) is 12.5. The van der Waals surface area contributed by atoms with Crippen molar-refractivity contribution in [2.45, 2.75) is 6.54 Å². The van der Waals surface area contributed by atoms with Crippen LogP contribution in [-0.4, -0.2) is 49.5 Å². The van der Waals surface area contributed by atoms with Crippen LogP contribution in [0.1, 0.15) is 5.69 Å². The molecule has 1 aliphatic rings. The van der Waals surface area contributed by atoms with Crippen LogP contribution in [0.25, 0.3) is 0 Å². The maximum Gasteiger partial charge on any atom is 0.231 e. The predicted octanol–water partition coefficient (Wildman–Crippen LogP) is 3.22. The highest BCUT2D eigenvalue weighted by atomic mass is 127. The topological polar surface area (TPSA) is 60.3 Å². The van der Waals surface area contributed by atoms with Crippen molar-refractivity contribution in [3.05, 3.63) is 40.6 Å². The summed E-state index contributed by atoms with van der Waals surface area (Å²) < 4.78 is 19.6. The number of aryl methyl sites for hydroxylation is 1. The molecule has 0 fully saturated rings. The molecule has 7 nitrogen and oxygen atoms in total. The Labute approximate surface area is 184 Å². The molecule has 0 atom stereocenters. The van der Waals surface area contributed by atoms with Crippen LogP contribution in [-0.2, 0) is 13.6 Å². The van der Waals surface area contributed by atoms with Crippen molar-refractivity contribution >= 4 is 45.9 Å². The highest BCUT2D eigenvalue weighted by Crippen LogP contribution is 2.34. The standard InChI is InChI=1S/C18H23BrN4O3.HI/c1-20-18(23(3)11-14-8-13(19)10-22(14)2)21-6-7-24-15-4-5-16-17(9-15)26-12-25-16;/h4-5,8-10H,6-7,11-12H2,1-3H3,(H,20,21);1H. The van der Waals surface area contributed by atoms with Crippen molar-refractivity contribution in [3.8, 4) is 17.2 Å². The third kappa shape index (κ3) is 5.68. The smallest absolute Gasteiger partial charge is 0.231 e. The van der Waals surface area contributed by atoms with Gasteiger partial charge in [-0.25, -0.2) is 0 Å². The van der Waals surface area contributed by atoms with Gasteiger partial charge in [0.05, 0.1) is 13.1 Å². The molecule has 9 heteroatoms. The summed E-state index contributed by atoms with van der Waals surface area (Å²) >= 11 is 3.50. The first-order valence-corrected chi connectivity index (χ1v) is 9.11. The Morgan fingerprint density at radius 2 is 2.11 bits per heavy atom. The Balaban J connectivity index is 0.00000261. The summed E-state index contributed by atoms with van der Waals surface area (Å²) in [5.74, 6) is 3.05. The second kappa shape index (κ2) is 10.1. The molecule has 0 bridgehead atoms. The molecule has 1 aliphatic heterocycles. The number of benzene rings is 1. The summed E-state index contributed by atoms with van der Waals surface area (Å²) in [7, 11) is 5.82. The molecular formula is C18H24BrIN4O3. The first-order chi connectivity index (χ1) is 12.6. The summed E-state index contributed by atoms with van der Waals surface area (Å²) in [4.78, 5) is 6.40. The number of aliphatic imine (C=N–C) groups is 1. The van der Waals surface area contributed by atoms with Crippen molar-refractivity contribution in [2.75, 3.05) is 34.0 Å². The van der Waals surface area contributed by atoms with Crippen LogP contribution >= 0.6 is 39.9 Å². The van der Waals surface area contributed by atoms with Crippen LogP contribution in [0.3, 0.4) is 0 Å². The van der Waals surface area contributed by atoms with Gasteiger partial charge in [-0.3, -0.25) is 4.99 Å². The number of fused-ring (bicyclic) bond motifs is 1. The molecule has 27 heavy (non-hydrogen) atoms. The fraction of sp³-hybridized carbons (Fsp3) is 0.389. The lowest BCUT2D eigenvalue weighted by molar-refractivity contribution is 0.173. The Morgan fingerprint density at radius 3 is 2.81 bits per heavy atom. The minimum absolute atomic E-state index is 0. The van der Waals surface area contributed by atoms with Crippen LogP contribution in [0.2, 0.25) is 0 Å². The molecule has 0 radical (unpaired) electrons. The number of hydrogen-bond acceptors (Lipinski definition) is 4. The summed E-state index contributed by atoms with van der Waals surface area (Å²) in [5, 5.41) is 3.31. The van der Waals surface area contributed by atoms with Gasteiger partial charge in [-0.1, -0.05) is 0 Å². The zero-order chi connectivity index (χ0) is 18.5. The van der Waals surface area contributed by atoms with Crippen LogP contribution in [0.15, 0.2) is 39.9 Å². The van der Waals surface area contributed by atoms with E-state index in [1.807, 2.05) is 38.5 Å². The highest BCUT2D eigenvalue weighted by molar-refractivity contribution is 14.0. The summed E-state index contributed by atoms with van der Waals surface area (Å²) in [6, 6.07) is 7.68. The summed E-state index contributed by atoms with van der Waals surface area (Å²) in [5.41, 5.74) is 1.19. The lowest BCUT2D eigenvalue weighted by atomic mass is 10.3. The average molecular weight is 551 g/mol. The van der Waals surface area contributed by atoms with Gasteiger partial charge in [-0.15, -0.1) is 24.0 Å². The molecule has 0 amide bonds. The van der Waals surface area contributed by atoms with E-state index in [1.54, 1.807) is 7.05 Å². The number of guanidine groups is 1. The van der Waals surface area contributed by atoms with E-state index >= 15 is 0 Å². The quantitative estimate of drug-likeness (QED) is 0.259. The van der Waals surface area contributed by atoms with E-state index in [9.17, 15) is 0 Å². The van der Waals surface area contributed by atoms with Crippen molar-refractivity contribution < 1.29 is 14.2 Å². The fourth-order valence-corrected chi connectivity index (χ4v) is 3.30. The number of ether oxygens (including phenoxy) is 3. The molecule has 2 heterocycles. The van der Waals surface area contributed by atoms with Crippen LogP contribution < -0.4 is 19.5 Å². The average Bonchev–Trinajstić information content (AvgIpc) is 3.20. The van der Waals surface area contributed by atoms with Gasteiger partial charge in [-0.05, 0) is 34.1 Å². The molecule has 3 rings (SSSR count). The SMILES string of the molecule is CN=C(NCCOc1ccc2c(c1)OCO2)N(C)Cc1cc(Br)cn1C.I. The van der Waals surface area contributed by atoms with E-state index in [0.717, 1.165) is 34.2 Å². The Morgan fingerprint density at radius 1 is 1.33 bits per heavy atom. The highest BCUT2D eigenvalue weighted by Gasteiger charge is 2.14. The molecule has 0 saturated heterocycles. The zero-order valence-electron chi connectivity index (χ0n) is 15.6. The van der Waals surface area contributed by atoms with Crippen molar-refractivity contribution in [2.24, 2.45) is 12.0 Å². The molecule has 0 saturated carbocycles. The Hall–Kier alpha value is -1.62. The van der Waals surface area contributed by atoms with Crippen molar-refractivity contribution in [1.82, 2.24) is 14.8 Å². The number of nitrogens with one attached hydrogen (secondary N) is 1. The van der Waals surface area contributed by atoms with Gasteiger partial charge in [0, 0.05) is 43.6 Å². The summed E-state index contributed by atoms with van der Waals surface area (Å²) in [6.07, 6.45) is 2.04. The molecule has 0 unspecified atom stereocenters. The van der Waals surface area contributed by atoms with Gasteiger partial charge in [-0.2, -0.15) is 0 Å². The van der Waals surface area contributed by atoms with E-state index in [2.05, 4.69) is 41.8 Å². The Kier molecular flexibility index (Phi) is 8.08. The first-order valence-electron chi connectivity index (χ1n) is 8.32. The minimum Gasteiger partial charge on any atom is -0.492 e. The van der Waals surface area contributed by atoms with E-state index in [1.165, 1.54) is 5.69 Å². The Bertz CT molecular complexity index is 797. The third-order valence-electron chi connectivity index (χ3n) is 4.04. The lowest BCUT2D eigenvalue weighted by Gasteiger charge is -2.22. The number of halogens is 2. The molecular weight excluding hydrogens is 527 g/mol. The molecule has 0 aliphatic carbocycles. The van der Waals surface area contributed by atoms with Gasteiger partial charge in [0.25, 0.3) is 0 Å². The maximum atomic E-state index is 5.76. The lowest BCUT2D eigenvalue weighted by Crippen LogP contribution is -2.40. The van der Waals surface area contributed by atoms with Crippen LogP contribution in [0, 0.1) is 0 Å². The third-order valence-corrected chi connectivity index (χ3v) is 4.48. The van der Waals surface area contributed by atoms with Gasteiger partial charge in [0.15, 0.2) is 17.5 Å². The van der Waals surface area contributed by atoms with Gasteiger partial charge in [0.1, 0.15) is 12.4 Å². The van der Waals surface area contributed by atoms with E-state index in [0.29, 0.717) is 13.2 Å². The first kappa shape index (κ1) is 21.7. The monoisotopic (exact) mass is 550 g/mol. The molecule has 2 aromatic rings. The zero-order valence-corrected chi connectivity index (χ0v) is 19.5. The second-order valence-electron chi connectivity index (χ2n) is 5.95. The number of aromatic nitrogens is 1. The largest absolute Gasteiger partial charge is 0.492 e. The van der Waals surface area contributed by atoms with Crippen molar-refractivity contribution in [3.63, 3.8) is 0 Å². The molecule has 0 spiro atoms. The van der Waals surface area contributed by atoms with Gasteiger partial charge >= 0.3 is 0 Å². The van der Waals surface area contributed by atoms with Gasteiger partial charge < -0.3 is 29.0 Å². The molecule has 148 valence electrons. The second-order valence-corrected chi connectivity index (χ2v) is 6.87.